The summed E-state index contributed by atoms with van der Waals surface area (Å²) < 4.78 is 0. The minimum absolute atomic E-state index is 0.0331. The van der Waals surface area contributed by atoms with E-state index in [2.05, 4.69) is 35.2 Å². The maximum atomic E-state index is 13.2. The van der Waals surface area contributed by atoms with Crippen LogP contribution in [0.5, 0.6) is 0 Å². The van der Waals surface area contributed by atoms with Crippen LogP contribution in [0.25, 0.3) is 0 Å². The normalized spacial score (nSPS) is 35.2. The van der Waals surface area contributed by atoms with Crippen LogP contribution in [0.1, 0.15) is 69.4 Å². The lowest BCUT2D eigenvalue weighted by Gasteiger charge is -2.55. The average Bonchev–Trinajstić information content (AvgIpc) is 2.74. The molecule has 4 fully saturated rings. The van der Waals surface area contributed by atoms with Gasteiger partial charge in [-0.15, -0.1) is 0 Å². The molecule has 4 aliphatic rings. The van der Waals surface area contributed by atoms with E-state index in [0.29, 0.717) is 36.8 Å². The van der Waals surface area contributed by atoms with Crippen LogP contribution in [0.15, 0.2) is 30.3 Å². The molecule has 4 nitrogen and oxygen atoms in total. The third-order valence-electron chi connectivity index (χ3n) is 7.94. The van der Waals surface area contributed by atoms with E-state index in [1.54, 1.807) is 0 Å². The van der Waals surface area contributed by atoms with Crippen LogP contribution in [-0.2, 0) is 4.79 Å². The molecular weight excluding hydrogens is 348 g/mol. The van der Waals surface area contributed by atoms with E-state index in [4.69, 9.17) is 0 Å². The zero-order chi connectivity index (χ0) is 19.1. The summed E-state index contributed by atoms with van der Waals surface area (Å²) in [5.74, 6) is 1.15. The molecule has 1 saturated carbocycles. The molecule has 3 aliphatic heterocycles. The monoisotopic (exact) mass is 382 g/mol. The van der Waals surface area contributed by atoms with Crippen LogP contribution in [-0.4, -0.2) is 52.1 Å². The minimum atomic E-state index is -1.08. The van der Waals surface area contributed by atoms with Crippen LogP contribution in [0.2, 0.25) is 0 Å². The summed E-state index contributed by atoms with van der Waals surface area (Å²) in [5, 5.41) is 11.0. The van der Waals surface area contributed by atoms with Gasteiger partial charge in [0.25, 0.3) is 5.91 Å². The average molecular weight is 383 g/mol. The number of nitrogens with zero attached hydrogens (tertiary/aromatic N) is 2. The van der Waals surface area contributed by atoms with Gasteiger partial charge in [-0.25, -0.2) is 0 Å². The van der Waals surface area contributed by atoms with Crippen molar-refractivity contribution in [3.63, 3.8) is 0 Å². The Kier molecular flexibility index (Phi) is 4.96. The Labute approximate surface area is 168 Å². The number of carbonyl (C=O) groups excluding carboxylic acids is 1. The van der Waals surface area contributed by atoms with Crippen molar-refractivity contribution in [1.82, 2.24) is 9.80 Å². The zero-order valence-corrected chi connectivity index (χ0v) is 16.9. The molecule has 4 atom stereocenters. The Bertz CT molecular complexity index is 700. The lowest BCUT2D eigenvalue weighted by molar-refractivity contribution is -0.161. The fourth-order valence-corrected chi connectivity index (χ4v) is 6.65. The highest BCUT2D eigenvalue weighted by molar-refractivity contribution is 5.85. The van der Waals surface area contributed by atoms with E-state index in [-0.39, 0.29) is 5.91 Å². The number of piperidine rings is 3. The molecule has 0 spiro atoms. The Hall–Kier alpha value is -1.39. The van der Waals surface area contributed by atoms with Crippen molar-refractivity contribution in [2.45, 2.75) is 75.5 Å². The highest BCUT2D eigenvalue weighted by Crippen LogP contribution is 2.45. The highest BCUT2D eigenvalue weighted by Gasteiger charge is 2.48. The summed E-state index contributed by atoms with van der Waals surface area (Å²) in [4.78, 5) is 18.0. The third kappa shape index (κ3) is 3.29. The van der Waals surface area contributed by atoms with Crippen LogP contribution >= 0.6 is 0 Å². The van der Waals surface area contributed by atoms with Gasteiger partial charge < -0.3 is 10.0 Å². The fourth-order valence-electron chi connectivity index (χ4n) is 6.65. The number of rotatable bonds is 2. The Morgan fingerprint density at radius 2 is 1.75 bits per heavy atom. The molecule has 1 amide bonds. The van der Waals surface area contributed by atoms with Gasteiger partial charge >= 0.3 is 0 Å². The van der Waals surface area contributed by atoms with Crippen molar-refractivity contribution in [1.29, 1.82) is 0 Å². The number of carbonyl (C=O) groups is 1. The second-order valence-electron chi connectivity index (χ2n) is 9.79. The van der Waals surface area contributed by atoms with Gasteiger partial charge in [-0.2, -0.15) is 0 Å². The summed E-state index contributed by atoms with van der Waals surface area (Å²) in [5.41, 5.74) is 0.375. The Balaban J connectivity index is 1.33. The molecule has 1 aromatic carbocycles. The molecule has 0 aromatic heterocycles. The Morgan fingerprint density at radius 1 is 0.964 bits per heavy atom. The molecular formula is C24H34N2O2. The molecule has 1 N–H and O–H groups in total. The topological polar surface area (TPSA) is 43.8 Å². The molecule has 152 valence electrons. The highest BCUT2D eigenvalue weighted by atomic mass is 16.3. The van der Waals surface area contributed by atoms with E-state index in [9.17, 15) is 9.90 Å². The lowest BCUT2D eigenvalue weighted by atomic mass is 9.73. The van der Waals surface area contributed by atoms with Crippen molar-refractivity contribution >= 4 is 5.91 Å². The van der Waals surface area contributed by atoms with Crippen LogP contribution in [0.4, 0.5) is 0 Å². The van der Waals surface area contributed by atoms with Crippen molar-refractivity contribution in [3.8, 4) is 0 Å². The lowest BCUT2D eigenvalue weighted by Crippen LogP contribution is -2.62. The molecule has 3 saturated heterocycles. The number of amides is 1. The van der Waals surface area contributed by atoms with E-state index < -0.39 is 5.60 Å². The maximum Gasteiger partial charge on any atom is 0.254 e. The van der Waals surface area contributed by atoms with Crippen LogP contribution < -0.4 is 0 Å². The quantitative estimate of drug-likeness (QED) is 0.847. The van der Waals surface area contributed by atoms with Crippen molar-refractivity contribution < 1.29 is 9.90 Å². The largest absolute Gasteiger partial charge is 0.380 e. The predicted molar refractivity (Wildman–Crippen MR) is 110 cm³/mol. The molecule has 4 heteroatoms. The second-order valence-corrected chi connectivity index (χ2v) is 9.79. The number of likely N-dealkylation sites (tertiary alicyclic amines) is 1. The summed E-state index contributed by atoms with van der Waals surface area (Å²) >= 11 is 0. The summed E-state index contributed by atoms with van der Waals surface area (Å²) in [6.07, 6.45) is 9.47. The first-order chi connectivity index (χ1) is 13.6. The third-order valence-corrected chi connectivity index (χ3v) is 7.94. The van der Waals surface area contributed by atoms with Crippen LogP contribution in [0.3, 0.4) is 0 Å². The Morgan fingerprint density at radius 3 is 2.54 bits per heavy atom. The molecule has 0 unspecified atom stereocenters. The predicted octanol–water partition coefficient (Wildman–Crippen LogP) is 3.76. The van der Waals surface area contributed by atoms with Gasteiger partial charge in [-0.3, -0.25) is 9.69 Å². The first kappa shape index (κ1) is 18.6. The van der Waals surface area contributed by atoms with Crippen molar-refractivity contribution in [2.75, 3.05) is 19.6 Å². The van der Waals surface area contributed by atoms with Gasteiger partial charge in [0.1, 0.15) is 5.60 Å². The van der Waals surface area contributed by atoms with E-state index in [1.807, 2.05) is 4.90 Å². The molecule has 1 aliphatic carbocycles. The second kappa shape index (κ2) is 7.46. The van der Waals surface area contributed by atoms with E-state index in [0.717, 1.165) is 38.9 Å². The minimum Gasteiger partial charge on any atom is -0.380 e. The standard InChI is InChI=1S/C24H34N2O2/c27-23(24(28)12-5-2-6-13-24)25-15-18-14-20(17-25)22-11-7-10-21(26(22)16-18)19-8-3-1-4-9-19/h1,3-4,8-9,18,20-22,28H,2,5-7,10-17H2/t18-,20+,21+,22-/m0/s1. The fraction of sp³-hybridized carbons (Fsp3) is 0.708. The van der Waals surface area contributed by atoms with Gasteiger partial charge in [0.05, 0.1) is 0 Å². The number of hydrogen-bond acceptors (Lipinski definition) is 3. The number of hydrogen-bond donors (Lipinski definition) is 1. The van der Waals surface area contributed by atoms with E-state index >= 15 is 0 Å². The molecule has 3 heterocycles. The number of aliphatic hydroxyl groups is 1. The number of benzene rings is 1. The molecule has 0 radical (unpaired) electrons. The maximum absolute atomic E-state index is 13.2. The molecule has 2 bridgehead atoms. The molecule has 1 aromatic rings. The number of fused-ring (bicyclic) bond motifs is 4. The van der Waals surface area contributed by atoms with E-state index in [1.165, 1.54) is 31.2 Å². The molecule has 5 rings (SSSR count). The van der Waals surface area contributed by atoms with Gasteiger partial charge in [-0.05, 0) is 55.9 Å². The van der Waals surface area contributed by atoms with Crippen molar-refractivity contribution in [3.05, 3.63) is 35.9 Å². The summed E-state index contributed by atoms with van der Waals surface area (Å²) in [7, 11) is 0. The van der Waals surface area contributed by atoms with Gasteiger partial charge in [0.15, 0.2) is 0 Å². The van der Waals surface area contributed by atoms with Crippen LogP contribution in [0, 0.1) is 11.8 Å². The van der Waals surface area contributed by atoms with Gasteiger partial charge in [0, 0.05) is 31.7 Å². The summed E-state index contributed by atoms with van der Waals surface area (Å²) in [6.45, 7) is 2.78. The zero-order valence-electron chi connectivity index (χ0n) is 16.9. The van der Waals surface area contributed by atoms with Gasteiger partial charge in [0.2, 0.25) is 0 Å². The summed E-state index contributed by atoms with van der Waals surface area (Å²) in [6, 6.07) is 12.1. The first-order valence-corrected chi connectivity index (χ1v) is 11.5. The smallest absolute Gasteiger partial charge is 0.254 e. The van der Waals surface area contributed by atoms with Gasteiger partial charge in [-0.1, -0.05) is 49.6 Å². The first-order valence-electron chi connectivity index (χ1n) is 11.5. The van der Waals surface area contributed by atoms with Crippen molar-refractivity contribution in [2.24, 2.45) is 11.8 Å². The SMILES string of the molecule is O=C(N1C[C@@H]2C[C@H](C1)[C@@H]1CCC[C@H](c3ccccc3)N1C2)C1(O)CCCCC1. The molecule has 28 heavy (non-hydrogen) atoms.